The van der Waals surface area contributed by atoms with Crippen LogP contribution in [-0.4, -0.2) is 35.8 Å². The van der Waals surface area contributed by atoms with Crippen molar-refractivity contribution in [1.82, 2.24) is 4.98 Å². The number of anilines is 1. The van der Waals surface area contributed by atoms with Crippen molar-refractivity contribution in [2.75, 3.05) is 25.3 Å². The zero-order chi connectivity index (χ0) is 27.9. The summed E-state index contributed by atoms with van der Waals surface area (Å²) in [6.07, 6.45) is 0. The minimum absolute atomic E-state index is 0.0576. The molecule has 9 nitrogen and oxygen atoms in total. The number of carbonyl (C=O) groups excluding carboxylic acids is 1. The number of non-ortho nitro benzene ring substituents is 1. The van der Waals surface area contributed by atoms with E-state index < -0.39 is 4.92 Å². The highest BCUT2D eigenvalue weighted by Crippen LogP contribution is 2.35. The average Bonchev–Trinajstić information content (AvgIpc) is 2.96. The summed E-state index contributed by atoms with van der Waals surface area (Å²) < 4.78 is 10.5. The molecule has 4 rings (SSSR count). The molecule has 0 spiro atoms. The summed E-state index contributed by atoms with van der Waals surface area (Å²) in [5, 5.41) is 24.4. The van der Waals surface area contributed by atoms with Crippen LogP contribution in [0.5, 0.6) is 11.5 Å². The van der Waals surface area contributed by atoms with Gasteiger partial charge in [-0.2, -0.15) is 5.26 Å². The smallest absolute Gasteiger partial charge is 0.271 e. The number of carbonyl (C=O) groups is 1. The zero-order valence-corrected chi connectivity index (χ0v) is 22.2. The maximum absolute atomic E-state index is 12.8. The van der Waals surface area contributed by atoms with Gasteiger partial charge in [0.05, 0.1) is 41.8 Å². The number of aryl methyl sites for hydroxylation is 1. The highest BCUT2D eigenvalue weighted by atomic mass is 32.2. The number of thioether (sulfide) groups is 1. The van der Waals surface area contributed by atoms with Crippen LogP contribution in [0.1, 0.15) is 11.1 Å². The molecule has 0 aliphatic carbocycles. The van der Waals surface area contributed by atoms with E-state index in [1.54, 1.807) is 27.2 Å². The second-order valence-electron chi connectivity index (χ2n) is 8.40. The number of rotatable bonds is 9. The Labute approximate surface area is 229 Å². The van der Waals surface area contributed by atoms with Gasteiger partial charge in [0.2, 0.25) is 5.91 Å². The van der Waals surface area contributed by atoms with Crippen molar-refractivity contribution in [2.24, 2.45) is 0 Å². The van der Waals surface area contributed by atoms with E-state index in [1.807, 2.05) is 54.6 Å². The second kappa shape index (κ2) is 12.1. The molecule has 1 heterocycles. The van der Waals surface area contributed by atoms with Gasteiger partial charge in [0, 0.05) is 23.3 Å². The number of nitro groups is 1. The van der Waals surface area contributed by atoms with Crippen molar-refractivity contribution in [3.63, 3.8) is 0 Å². The van der Waals surface area contributed by atoms with Gasteiger partial charge in [0.1, 0.15) is 22.6 Å². The summed E-state index contributed by atoms with van der Waals surface area (Å²) in [4.78, 5) is 28.2. The number of pyridine rings is 1. The molecule has 1 aromatic heterocycles. The van der Waals surface area contributed by atoms with Gasteiger partial charge in [-0.3, -0.25) is 14.9 Å². The standard InChI is InChI=1S/C29H24N4O5S/c1-18-4-9-21(33(35)36)14-26(18)31-28(34)17-39-29-25(16-30)24(19-5-10-22(37-2)11-6-19)15-27(32-29)20-7-12-23(38-3)13-8-20/h4-15H,17H2,1-3H3,(H,31,34). The Kier molecular flexibility index (Phi) is 8.43. The molecule has 0 bridgehead atoms. The summed E-state index contributed by atoms with van der Waals surface area (Å²) >= 11 is 1.12. The number of hydrogen-bond donors (Lipinski definition) is 1. The van der Waals surface area contributed by atoms with Crippen molar-refractivity contribution >= 4 is 29.0 Å². The SMILES string of the molecule is COc1ccc(-c2cc(-c3ccc(OC)cc3)c(C#N)c(SCC(=O)Nc3cc([N+](=O)[O-])ccc3C)n2)cc1. The van der Waals surface area contributed by atoms with E-state index in [0.29, 0.717) is 44.6 Å². The number of nitrogens with zero attached hydrogens (tertiary/aromatic N) is 3. The van der Waals surface area contributed by atoms with Crippen LogP contribution in [0.15, 0.2) is 77.8 Å². The van der Waals surface area contributed by atoms with Gasteiger partial charge in [-0.05, 0) is 60.5 Å². The fourth-order valence-electron chi connectivity index (χ4n) is 3.82. The largest absolute Gasteiger partial charge is 0.497 e. The Hall–Kier alpha value is -4.88. The van der Waals surface area contributed by atoms with Gasteiger partial charge in [0.25, 0.3) is 5.69 Å². The van der Waals surface area contributed by atoms with E-state index in [-0.39, 0.29) is 17.3 Å². The first kappa shape index (κ1) is 27.2. The van der Waals surface area contributed by atoms with E-state index in [9.17, 15) is 20.2 Å². The molecule has 0 radical (unpaired) electrons. The summed E-state index contributed by atoms with van der Waals surface area (Å²) in [7, 11) is 3.17. The normalized spacial score (nSPS) is 10.4. The van der Waals surface area contributed by atoms with E-state index in [4.69, 9.17) is 14.5 Å². The lowest BCUT2D eigenvalue weighted by molar-refractivity contribution is -0.384. The molecule has 0 aliphatic heterocycles. The van der Waals surface area contributed by atoms with Gasteiger partial charge in [-0.15, -0.1) is 0 Å². The van der Waals surface area contributed by atoms with Gasteiger partial charge < -0.3 is 14.8 Å². The first-order valence-electron chi connectivity index (χ1n) is 11.7. The van der Waals surface area contributed by atoms with Crippen LogP contribution in [0.25, 0.3) is 22.4 Å². The third-order valence-corrected chi connectivity index (χ3v) is 6.91. The van der Waals surface area contributed by atoms with Gasteiger partial charge in [0.15, 0.2) is 0 Å². The molecule has 10 heteroatoms. The molecule has 3 aromatic carbocycles. The Morgan fingerprint density at radius 1 is 1.00 bits per heavy atom. The van der Waals surface area contributed by atoms with Crippen LogP contribution in [0.2, 0.25) is 0 Å². The van der Waals surface area contributed by atoms with Gasteiger partial charge in [-0.1, -0.05) is 30.0 Å². The summed E-state index contributed by atoms with van der Waals surface area (Å²) in [6, 6.07) is 23.1. The molecule has 0 saturated carbocycles. The van der Waals surface area contributed by atoms with Crippen LogP contribution < -0.4 is 14.8 Å². The molecular formula is C29H24N4O5S. The maximum atomic E-state index is 12.8. The lowest BCUT2D eigenvalue weighted by atomic mass is 9.99. The first-order valence-corrected chi connectivity index (χ1v) is 12.7. The van der Waals surface area contributed by atoms with E-state index in [0.717, 1.165) is 22.9 Å². The Bertz CT molecular complexity index is 1560. The molecule has 4 aromatic rings. The Morgan fingerprint density at radius 3 is 2.18 bits per heavy atom. The number of ether oxygens (including phenoxy) is 2. The van der Waals surface area contributed by atoms with Crippen molar-refractivity contribution in [1.29, 1.82) is 5.26 Å². The topological polar surface area (TPSA) is 127 Å². The van der Waals surface area contributed by atoms with Gasteiger partial charge >= 0.3 is 0 Å². The number of amides is 1. The minimum atomic E-state index is -0.516. The van der Waals surface area contributed by atoms with Crippen molar-refractivity contribution in [3.05, 3.63) is 94.0 Å². The van der Waals surface area contributed by atoms with Crippen LogP contribution in [-0.2, 0) is 4.79 Å². The summed E-state index contributed by atoms with van der Waals surface area (Å²) in [5.41, 5.74) is 4.16. The van der Waals surface area contributed by atoms with Crippen LogP contribution >= 0.6 is 11.8 Å². The average molecular weight is 541 g/mol. The fraction of sp³-hybridized carbons (Fsp3) is 0.138. The molecule has 0 fully saturated rings. The second-order valence-corrected chi connectivity index (χ2v) is 9.36. The first-order chi connectivity index (χ1) is 18.8. The molecule has 1 N–H and O–H groups in total. The number of benzene rings is 3. The third kappa shape index (κ3) is 6.34. The molecule has 39 heavy (non-hydrogen) atoms. The maximum Gasteiger partial charge on any atom is 0.271 e. The predicted molar refractivity (Wildman–Crippen MR) is 150 cm³/mol. The number of hydrogen-bond acceptors (Lipinski definition) is 8. The van der Waals surface area contributed by atoms with Gasteiger partial charge in [-0.25, -0.2) is 4.98 Å². The van der Waals surface area contributed by atoms with Crippen molar-refractivity contribution < 1.29 is 19.2 Å². The number of nitro benzene ring substituents is 1. The van der Waals surface area contributed by atoms with Crippen LogP contribution in [0, 0.1) is 28.4 Å². The summed E-state index contributed by atoms with van der Waals surface area (Å²) in [6.45, 7) is 1.75. The molecule has 0 unspecified atom stereocenters. The van der Waals surface area contributed by atoms with E-state index in [2.05, 4.69) is 11.4 Å². The Morgan fingerprint density at radius 2 is 1.62 bits per heavy atom. The van der Waals surface area contributed by atoms with E-state index in [1.165, 1.54) is 12.1 Å². The molecule has 1 amide bonds. The molecule has 196 valence electrons. The quantitative estimate of drug-likeness (QED) is 0.150. The summed E-state index contributed by atoms with van der Waals surface area (Å²) in [5.74, 6) is 0.947. The predicted octanol–water partition coefficient (Wildman–Crippen LogP) is 6.25. The molecule has 0 aliphatic rings. The van der Waals surface area contributed by atoms with Crippen molar-refractivity contribution in [2.45, 2.75) is 11.9 Å². The minimum Gasteiger partial charge on any atom is -0.497 e. The lowest BCUT2D eigenvalue weighted by Gasteiger charge is -2.13. The number of nitriles is 1. The number of nitrogens with one attached hydrogen (secondary N) is 1. The fourth-order valence-corrected chi connectivity index (χ4v) is 4.62. The van der Waals surface area contributed by atoms with Crippen LogP contribution in [0.3, 0.4) is 0 Å². The monoisotopic (exact) mass is 540 g/mol. The molecular weight excluding hydrogens is 516 g/mol. The highest BCUT2D eigenvalue weighted by Gasteiger charge is 2.18. The van der Waals surface area contributed by atoms with Crippen LogP contribution in [0.4, 0.5) is 11.4 Å². The Balaban J connectivity index is 1.68. The van der Waals surface area contributed by atoms with E-state index >= 15 is 0 Å². The molecule has 0 saturated heterocycles. The zero-order valence-electron chi connectivity index (χ0n) is 21.4. The third-order valence-electron chi connectivity index (χ3n) is 5.93. The highest BCUT2D eigenvalue weighted by molar-refractivity contribution is 8.00. The van der Waals surface area contributed by atoms with Crippen molar-refractivity contribution in [3.8, 4) is 40.0 Å². The lowest BCUT2D eigenvalue weighted by Crippen LogP contribution is -2.15. The number of aromatic nitrogens is 1. The number of methoxy groups -OCH3 is 2. The molecule has 0 atom stereocenters.